The Bertz CT molecular complexity index is 416. The van der Waals surface area contributed by atoms with Gasteiger partial charge in [0.1, 0.15) is 0 Å². The Labute approximate surface area is 108 Å². The highest BCUT2D eigenvalue weighted by molar-refractivity contribution is 5.91. The highest BCUT2D eigenvalue weighted by Gasteiger charge is 2.16. The number of hydrogen-bond donors (Lipinski definition) is 2. The summed E-state index contributed by atoms with van der Waals surface area (Å²) in [6, 6.07) is 5.43. The summed E-state index contributed by atoms with van der Waals surface area (Å²) in [5.74, 6) is -0.498. The SMILES string of the molecule is COCC(Nc1cccc(C(=O)O)c1C)C(C)C. The van der Waals surface area contributed by atoms with Gasteiger partial charge in [-0.3, -0.25) is 0 Å². The van der Waals surface area contributed by atoms with Gasteiger partial charge in [-0.25, -0.2) is 4.79 Å². The molecule has 0 saturated carbocycles. The fourth-order valence-electron chi connectivity index (χ4n) is 1.80. The van der Waals surface area contributed by atoms with Crippen molar-refractivity contribution in [2.24, 2.45) is 5.92 Å². The van der Waals surface area contributed by atoms with E-state index in [9.17, 15) is 4.79 Å². The number of hydrogen-bond acceptors (Lipinski definition) is 3. The van der Waals surface area contributed by atoms with Crippen LogP contribution in [-0.4, -0.2) is 30.8 Å². The summed E-state index contributed by atoms with van der Waals surface area (Å²) in [5, 5.41) is 12.4. The lowest BCUT2D eigenvalue weighted by atomic mass is 10.0. The molecule has 4 heteroatoms. The molecule has 100 valence electrons. The lowest BCUT2D eigenvalue weighted by molar-refractivity contribution is 0.0696. The summed E-state index contributed by atoms with van der Waals surface area (Å²) in [6.45, 7) is 6.62. The maximum Gasteiger partial charge on any atom is 0.336 e. The number of carbonyl (C=O) groups is 1. The summed E-state index contributed by atoms with van der Waals surface area (Å²) in [7, 11) is 1.66. The monoisotopic (exact) mass is 251 g/mol. The van der Waals surface area contributed by atoms with Crippen LogP contribution >= 0.6 is 0 Å². The highest BCUT2D eigenvalue weighted by atomic mass is 16.5. The third kappa shape index (κ3) is 3.47. The van der Waals surface area contributed by atoms with E-state index in [1.165, 1.54) is 0 Å². The van der Waals surface area contributed by atoms with Crippen LogP contribution in [0.15, 0.2) is 18.2 Å². The van der Waals surface area contributed by atoms with E-state index < -0.39 is 5.97 Å². The standard InChI is InChI=1S/C14H21NO3/c1-9(2)13(8-18-4)15-12-7-5-6-11(10(12)3)14(16)17/h5-7,9,13,15H,8H2,1-4H3,(H,16,17). The second-order valence-corrected chi connectivity index (χ2v) is 4.73. The first kappa shape index (κ1) is 14.5. The average Bonchev–Trinajstić information content (AvgIpc) is 2.30. The summed E-state index contributed by atoms with van der Waals surface area (Å²) in [5.41, 5.74) is 1.94. The van der Waals surface area contributed by atoms with Gasteiger partial charge in [-0.1, -0.05) is 19.9 Å². The third-order valence-electron chi connectivity index (χ3n) is 3.06. The number of methoxy groups -OCH3 is 1. The van der Waals surface area contributed by atoms with E-state index in [2.05, 4.69) is 19.2 Å². The van der Waals surface area contributed by atoms with Crippen molar-refractivity contribution in [3.8, 4) is 0 Å². The van der Waals surface area contributed by atoms with Gasteiger partial charge in [-0.2, -0.15) is 0 Å². The molecular weight excluding hydrogens is 230 g/mol. The molecule has 0 aliphatic rings. The zero-order chi connectivity index (χ0) is 13.7. The van der Waals surface area contributed by atoms with Gasteiger partial charge in [0, 0.05) is 12.8 Å². The molecule has 0 aliphatic carbocycles. The van der Waals surface area contributed by atoms with Crippen LogP contribution in [0.1, 0.15) is 29.8 Å². The molecule has 1 unspecified atom stereocenters. The Balaban J connectivity index is 2.96. The molecular formula is C14H21NO3. The molecule has 0 aliphatic heterocycles. The van der Waals surface area contributed by atoms with Crippen molar-refractivity contribution in [1.29, 1.82) is 0 Å². The molecule has 1 aromatic carbocycles. The zero-order valence-electron chi connectivity index (χ0n) is 11.4. The number of aromatic carboxylic acids is 1. The Kier molecular flexibility index (Phi) is 5.16. The fraction of sp³-hybridized carbons (Fsp3) is 0.500. The normalized spacial score (nSPS) is 12.5. The molecule has 0 aromatic heterocycles. The highest BCUT2D eigenvalue weighted by Crippen LogP contribution is 2.21. The van der Waals surface area contributed by atoms with E-state index in [1.807, 2.05) is 13.0 Å². The topological polar surface area (TPSA) is 58.6 Å². The van der Waals surface area contributed by atoms with Crippen LogP contribution in [0.2, 0.25) is 0 Å². The van der Waals surface area contributed by atoms with Gasteiger partial charge in [-0.05, 0) is 30.5 Å². The lowest BCUT2D eigenvalue weighted by Crippen LogP contribution is -2.30. The molecule has 0 heterocycles. The predicted molar refractivity (Wildman–Crippen MR) is 72.3 cm³/mol. The molecule has 0 fully saturated rings. The maximum atomic E-state index is 11.1. The molecule has 4 nitrogen and oxygen atoms in total. The average molecular weight is 251 g/mol. The van der Waals surface area contributed by atoms with Crippen LogP contribution in [0.3, 0.4) is 0 Å². The van der Waals surface area contributed by atoms with Crippen molar-refractivity contribution < 1.29 is 14.6 Å². The Hall–Kier alpha value is -1.55. The zero-order valence-corrected chi connectivity index (χ0v) is 11.4. The quantitative estimate of drug-likeness (QED) is 0.816. The van der Waals surface area contributed by atoms with E-state index in [1.54, 1.807) is 19.2 Å². The molecule has 2 N–H and O–H groups in total. The second kappa shape index (κ2) is 6.40. The Morgan fingerprint density at radius 2 is 2.11 bits per heavy atom. The molecule has 1 aromatic rings. The minimum absolute atomic E-state index is 0.165. The number of carboxylic acids is 1. The van der Waals surface area contributed by atoms with Crippen LogP contribution in [0.25, 0.3) is 0 Å². The predicted octanol–water partition coefficient (Wildman–Crippen LogP) is 2.78. The van der Waals surface area contributed by atoms with E-state index in [4.69, 9.17) is 9.84 Å². The van der Waals surface area contributed by atoms with Crippen molar-refractivity contribution in [3.63, 3.8) is 0 Å². The maximum absolute atomic E-state index is 11.1. The molecule has 0 bridgehead atoms. The third-order valence-corrected chi connectivity index (χ3v) is 3.06. The first-order chi connectivity index (χ1) is 8.47. The minimum atomic E-state index is -0.899. The Morgan fingerprint density at radius 3 is 2.61 bits per heavy atom. The van der Waals surface area contributed by atoms with Gasteiger partial charge >= 0.3 is 5.97 Å². The van der Waals surface area contributed by atoms with Gasteiger partial charge in [0.15, 0.2) is 0 Å². The van der Waals surface area contributed by atoms with Crippen LogP contribution < -0.4 is 5.32 Å². The van der Waals surface area contributed by atoms with Gasteiger partial charge in [-0.15, -0.1) is 0 Å². The summed E-state index contributed by atoms with van der Waals surface area (Å²) >= 11 is 0. The van der Waals surface area contributed by atoms with Crippen molar-refractivity contribution >= 4 is 11.7 Å². The van der Waals surface area contributed by atoms with E-state index >= 15 is 0 Å². The number of carboxylic acid groups (broad SMARTS) is 1. The molecule has 0 radical (unpaired) electrons. The first-order valence-corrected chi connectivity index (χ1v) is 6.05. The number of benzene rings is 1. The summed E-state index contributed by atoms with van der Waals surface area (Å²) < 4.78 is 5.18. The van der Waals surface area contributed by atoms with E-state index in [-0.39, 0.29) is 6.04 Å². The number of rotatable bonds is 6. The minimum Gasteiger partial charge on any atom is -0.478 e. The summed E-state index contributed by atoms with van der Waals surface area (Å²) in [4.78, 5) is 11.1. The fourth-order valence-corrected chi connectivity index (χ4v) is 1.80. The van der Waals surface area contributed by atoms with Gasteiger partial charge in [0.05, 0.1) is 18.2 Å². The van der Waals surface area contributed by atoms with Gasteiger partial charge in [0.25, 0.3) is 0 Å². The van der Waals surface area contributed by atoms with Crippen LogP contribution in [0.5, 0.6) is 0 Å². The summed E-state index contributed by atoms with van der Waals surface area (Å²) in [6.07, 6.45) is 0. The number of nitrogens with one attached hydrogen (secondary N) is 1. The van der Waals surface area contributed by atoms with Crippen molar-refractivity contribution in [2.75, 3.05) is 19.0 Å². The molecule has 18 heavy (non-hydrogen) atoms. The van der Waals surface area contributed by atoms with E-state index in [0.29, 0.717) is 18.1 Å². The van der Waals surface area contributed by atoms with Crippen molar-refractivity contribution in [2.45, 2.75) is 26.8 Å². The van der Waals surface area contributed by atoms with Crippen molar-refractivity contribution in [3.05, 3.63) is 29.3 Å². The number of ether oxygens (including phenoxy) is 1. The van der Waals surface area contributed by atoms with Gasteiger partial charge < -0.3 is 15.2 Å². The Morgan fingerprint density at radius 1 is 1.44 bits per heavy atom. The van der Waals surface area contributed by atoms with Gasteiger partial charge in [0.2, 0.25) is 0 Å². The molecule has 0 spiro atoms. The molecule has 1 atom stereocenters. The molecule has 0 amide bonds. The number of anilines is 1. The smallest absolute Gasteiger partial charge is 0.336 e. The van der Waals surface area contributed by atoms with Crippen LogP contribution in [-0.2, 0) is 4.74 Å². The van der Waals surface area contributed by atoms with Crippen LogP contribution in [0, 0.1) is 12.8 Å². The van der Waals surface area contributed by atoms with Crippen LogP contribution in [0.4, 0.5) is 5.69 Å². The second-order valence-electron chi connectivity index (χ2n) is 4.73. The lowest BCUT2D eigenvalue weighted by Gasteiger charge is -2.24. The molecule has 0 saturated heterocycles. The van der Waals surface area contributed by atoms with Crippen molar-refractivity contribution in [1.82, 2.24) is 0 Å². The largest absolute Gasteiger partial charge is 0.478 e. The van der Waals surface area contributed by atoms with E-state index in [0.717, 1.165) is 11.3 Å². The first-order valence-electron chi connectivity index (χ1n) is 6.05. The molecule has 1 rings (SSSR count).